The first-order chi connectivity index (χ1) is 41.1. The van der Waals surface area contributed by atoms with Crippen LogP contribution in [0.4, 0.5) is 0 Å². The number of rotatable bonds is 64. The maximum atomic E-state index is 13.0. The molecular weight excluding hydrogens is 1140 g/mol. The largest absolute Gasteiger partial charge is 0.472 e. The Morgan fingerprint density at radius 3 is 0.826 bits per heavy atom. The fraction of sp³-hybridized carbons (Fsp3) is 0.940. The Morgan fingerprint density at radius 2 is 0.558 bits per heavy atom. The van der Waals surface area contributed by atoms with Crippen LogP contribution in [0.5, 0.6) is 0 Å². The number of hydrogen-bond donors (Lipinski definition) is 3. The van der Waals surface area contributed by atoms with Crippen LogP contribution >= 0.6 is 15.6 Å². The van der Waals surface area contributed by atoms with Gasteiger partial charge in [-0.2, -0.15) is 0 Å². The summed E-state index contributed by atoms with van der Waals surface area (Å²) < 4.78 is 68.1. The van der Waals surface area contributed by atoms with Gasteiger partial charge in [0, 0.05) is 25.7 Å². The van der Waals surface area contributed by atoms with E-state index in [9.17, 15) is 43.2 Å². The normalized spacial score (nSPS) is 14.7. The van der Waals surface area contributed by atoms with Crippen LogP contribution in [0.25, 0.3) is 0 Å². The summed E-state index contributed by atoms with van der Waals surface area (Å²) in [6, 6.07) is 0. The first kappa shape index (κ1) is 84.1. The van der Waals surface area contributed by atoms with Gasteiger partial charge in [0.15, 0.2) is 12.2 Å². The van der Waals surface area contributed by atoms with Crippen LogP contribution in [-0.4, -0.2) is 96.7 Å². The van der Waals surface area contributed by atoms with Gasteiger partial charge in [-0.1, -0.05) is 274 Å². The Kier molecular flexibility index (Phi) is 55.7. The van der Waals surface area contributed by atoms with Crippen LogP contribution in [0.2, 0.25) is 0 Å². The average molecular weight is 1270 g/mol. The predicted octanol–water partition coefficient (Wildman–Crippen LogP) is 18.5. The van der Waals surface area contributed by atoms with E-state index in [2.05, 4.69) is 55.4 Å². The van der Waals surface area contributed by atoms with E-state index in [0.717, 1.165) is 114 Å². The van der Waals surface area contributed by atoms with Gasteiger partial charge in [0.25, 0.3) is 0 Å². The number of phosphoric ester groups is 2. The lowest BCUT2D eigenvalue weighted by Gasteiger charge is -2.21. The lowest BCUT2D eigenvalue weighted by atomic mass is 10.00. The van der Waals surface area contributed by atoms with E-state index in [1.54, 1.807) is 0 Å². The van der Waals surface area contributed by atoms with Gasteiger partial charge in [0.05, 0.1) is 26.4 Å². The van der Waals surface area contributed by atoms with Crippen molar-refractivity contribution in [2.75, 3.05) is 39.6 Å². The second-order valence-corrected chi connectivity index (χ2v) is 28.8. The molecule has 0 aromatic rings. The third-order valence-electron chi connectivity index (χ3n) is 15.7. The highest BCUT2D eigenvalue weighted by Gasteiger charge is 2.30. The summed E-state index contributed by atoms with van der Waals surface area (Å²) >= 11 is 0. The number of phosphoric acid groups is 2. The predicted molar refractivity (Wildman–Crippen MR) is 344 cm³/mol. The maximum Gasteiger partial charge on any atom is 0.472 e. The van der Waals surface area contributed by atoms with Crippen molar-refractivity contribution in [1.82, 2.24) is 0 Å². The zero-order chi connectivity index (χ0) is 63.9. The van der Waals surface area contributed by atoms with Crippen molar-refractivity contribution in [3.63, 3.8) is 0 Å². The SMILES string of the molecule is CCC(C)CCCCCCCCC(=O)O[C@H](COC(=O)CCCCCCCCCCCCC(C)C)COP(=O)(O)OC[C@@H](O)COP(=O)(O)OC[C@@H](COC(=O)CCCCCCCCC(C)C)OC(=O)CCCCCCCCCCCCCC(C)C. The third-order valence-corrected chi connectivity index (χ3v) is 17.6. The van der Waals surface area contributed by atoms with Gasteiger partial charge >= 0.3 is 39.5 Å². The summed E-state index contributed by atoms with van der Waals surface area (Å²) in [5.41, 5.74) is 0. The molecule has 0 aliphatic heterocycles. The van der Waals surface area contributed by atoms with E-state index >= 15 is 0 Å². The maximum absolute atomic E-state index is 13.0. The zero-order valence-corrected chi connectivity index (χ0v) is 57.7. The molecule has 0 fully saturated rings. The molecule has 0 amide bonds. The van der Waals surface area contributed by atoms with Crippen LogP contribution in [0.1, 0.15) is 325 Å². The molecular formula is C67H130O17P2. The van der Waals surface area contributed by atoms with E-state index in [-0.39, 0.29) is 25.7 Å². The number of carbonyl (C=O) groups excluding carboxylic acids is 4. The summed E-state index contributed by atoms with van der Waals surface area (Å²) in [4.78, 5) is 72.3. The van der Waals surface area contributed by atoms with Gasteiger partial charge in [-0.15, -0.1) is 0 Å². The highest BCUT2D eigenvalue weighted by molar-refractivity contribution is 7.47. The highest BCUT2D eigenvalue weighted by atomic mass is 31.2. The van der Waals surface area contributed by atoms with Crippen molar-refractivity contribution in [1.29, 1.82) is 0 Å². The quantitative estimate of drug-likeness (QED) is 0.0222. The molecule has 6 atom stereocenters. The topological polar surface area (TPSA) is 237 Å². The minimum absolute atomic E-state index is 0.102. The first-order valence-corrected chi connectivity index (χ1v) is 37.7. The highest BCUT2D eigenvalue weighted by Crippen LogP contribution is 2.45. The van der Waals surface area contributed by atoms with Gasteiger partial charge in [-0.05, 0) is 49.4 Å². The Labute approximate surface area is 524 Å². The monoisotopic (exact) mass is 1270 g/mol. The van der Waals surface area contributed by atoms with Crippen LogP contribution in [0.3, 0.4) is 0 Å². The lowest BCUT2D eigenvalue weighted by molar-refractivity contribution is -0.161. The molecule has 0 aliphatic carbocycles. The molecule has 0 saturated heterocycles. The summed E-state index contributed by atoms with van der Waals surface area (Å²) in [7, 11) is -9.90. The molecule has 0 aromatic heterocycles. The van der Waals surface area contributed by atoms with E-state index in [4.69, 9.17) is 37.0 Å². The van der Waals surface area contributed by atoms with Crippen LogP contribution in [0, 0.1) is 23.7 Å². The molecule has 0 radical (unpaired) electrons. The van der Waals surface area contributed by atoms with Crippen molar-refractivity contribution in [3.05, 3.63) is 0 Å². The Bertz CT molecular complexity index is 1720. The zero-order valence-electron chi connectivity index (χ0n) is 55.9. The van der Waals surface area contributed by atoms with E-state index < -0.39 is 97.5 Å². The fourth-order valence-corrected chi connectivity index (χ4v) is 11.5. The number of esters is 4. The van der Waals surface area contributed by atoms with E-state index in [1.807, 2.05) is 0 Å². The number of aliphatic hydroxyl groups is 1. The molecule has 0 aliphatic rings. The molecule has 3 N–H and O–H groups in total. The smallest absolute Gasteiger partial charge is 0.462 e. The first-order valence-electron chi connectivity index (χ1n) is 34.7. The molecule has 0 rings (SSSR count). The minimum Gasteiger partial charge on any atom is -0.462 e. The second kappa shape index (κ2) is 57.0. The Morgan fingerprint density at radius 1 is 0.326 bits per heavy atom. The molecule has 0 spiro atoms. The van der Waals surface area contributed by atoms with Crippen LogP contribution in [-0.2, 0) is 65.4 Å². The summed E-state index contributed by atoms with van der Waals surface area (Å²) in [6.45, 7) is 14.0. The molecule has 510 valence electrons. The number of hydrogen-bond acceptors (Lipinski definition) is 15. The van der Waals surface area contributed by atoms with Gasteiger partial charge in [-0.3, -0.25) is 37.3 Å². The van der Waals surface area contributed by atoms with Gasteiger partial charge in [0.2, 0.25) is 0 Å². The molecule has 0 aromatic carbocycles. The third kappa shape index (κ3) is 59.7. The minimum atomic E-state index is -4.95. The molecule has 3 unspecified atom stereocenters. The molecule has 0 saturated carbocycles. The lowest BCUT2D eigenvalue weighted by Crippen LogP contribution is -2.30. The number of aliphatic hydroxyl groups excluding tert-OH is 1. The van der Waals surface area contributed by atoms with Gasteiger partial charge < -0.3 is 33.8 Å². The van der Waals surface area contributed by atoms with E-state index in [1.165, 1.54) is 122 Å². The fourth-order valence-electron chi connectivity index (χ4n) is 9.93. The standard InChI is InChI=1S/C67H130O17P2/c1-9-60(8)46-38-30-24-26-34-42-50-67(72)84-63(53-77-64(69)47-39-31-21-17-14-13-16-20-28-36-44-58(4)5)56-82-86(75,76)80-52-61(68)51-79-85(73,74)81-55-62(54-78-65(70)48-40-32-25-23-29-37-45-59(6)7)83-66(71)49-41-33-22-18-12-10-11-15-19-27-35-43-57(2)3/h57-63,68H,9-56H2,1-8H3,(H,73,74)(H,75,76)/t60?,61-,62+,63+/m0/s1. The molecule has 86 heavy (non-hydrogen) atoms. The second-order valence-electron chi connectivity index (χ2n) is 25.9. The van der Waals surface area contributed by atoms with Crippen molar-refractivity contribution < 1.29 is 80.2 Å². The van der Waals surface area contributed by atoms with Crippen molar-refractivity contribution in [2.45, 2.75) is 343 Å². The van der Waals surface area contributed by atoms with E-state index in [0.29, 0.717) is 31.6 Å². The average Bonchev–Trinajstić information content (AvgIpc) is 3.66. The molecule has 19 heteroatoms. The molecule has 0 heterocycles. The van der Waals surface area contributed by atoms with Crippen molar-refractivity contribution >= 4 is 39.5 Å². The van der Waals surface area contributed by atoms with Crippen molar-refractivity contribution in [3.8, 4) is 0 Å². The Balaban J connectivity index is 5.24. The number of unbranched alkanes of at least 4 members (excludes halogenated alkanes) is 29. The van der Waals surface area contributed by atoms with Gasteiger partial charge in [-0.25, -0.2) is 9.13 Å². The van der Waals surface area contributed by atoms with Crippen LogP contribution in [0.15, 0.2) is 0 Å². The molecule has 0 bridgehead atoms. The number of carbonyl (C=O) groups is 4. The van der Waals surface area contributed by atoms with Gasteiger partial charge in [0.1, 0.15) is 19.3 Å². The summed E-state index contributed by atoms with van der Waals surface area (Å²) in [5.74, 6) is 0.786. The summed E-state index contributed by atoms with van der Waals surface area (Å²) in [6.07, 6.45) is 37.7. The summed E-state index contributed by atoms with van der Waals surface area (Å²) in [5, 5.41) is 10.6. The Hall–Kier alpha value is -1.94. The number of ether oxygens (including phenoxy) is 4. The van der Waals surface area contributed by atoms with Crippen LogP contribution < -0.4 is 0 Å². The van der Waals surface area contributed by atoms with Crippen molar-refractivity contribution in [2.24, 2.45) is 23.7 Å². The molecule has 17 nitrogen and oxygen atoms in total.